The number of hydrogen-bond acceptors (Lipinski definition) is 5. The SMILES string of the molecule is CC1CN(Cc2cccnc2)CCN1C(=O)c1ccnc(C2CCCC2)n1. The maximum absolute atomic E-state index is 13.0. The average molecular weight is 365 g/mol. The molecule has 27 heavy (non-hydrogen) atoms. The lowest BCUT2D eigenvalue weighted by Gasteiger charge is -2.39. The number of piperazine rings is 1. The van der Waals surface area contributed by atoms with Crippen LogP contribution in [-0.2, 0) is 6.54 Å². The van der Waals surface area contributed by atoms with Crippen molar-refractivity contribution in [3.8, 4) is 0 Å². The Kier molecular flexibility index (Phi) is 5.43. The van der Waals surface area contributed by atoms with Gasteiger partial charge in [0.1, 0.15) is 11.5 Å². The van der Waals surface area contributed by atoms with Crippen LogP contribution < -0.4 is 0 Å². The predicted molar refractivity (Wildman–Crippen MR) is 103 cm³/mol. The van der Waals surface area contributed by atoms with Gasteiger partial charge in [-0.3, -0.25) is 14.7 Å². The minimum atomic E-state index is 0.0326. The standard InChI is InChI=1S/C21H27N5O/c1-16-14-25(15-17-5-4-9-22-13-17)11-12-26(16)21(27)19-8-10-23-20(24-19)18-6-2-3-7-18/h4-5,8-10,13,16,18H,2-3,6-7,11-12,14-15H2,1H3. The van der Waals surface area contributed by atoms with Gasteiger partial charge in [-0.25, -0.2) is 9.97 Å². The van der Waals surface area contributed by atoms with E-state index in [1.54, 1.807) is 18.5 Å². The molecule has 2 fully saturated rings. The molecule has 6 heteroatoms. The van der Waals surface area contributed by atoms with Crippen LogP contribution in [0.1, 0.15) is 60.4 Å². The predicted octanol–water partition coefficient (Wildman–Crippen LogP) is 2.88. The third-order valence-corrected chi connectivity index (χ3v) is 5.72. The molecule has 1 aliphatic heterocycles. The first kappa shape index (κ1) is 18.0. The average Bonchev–Trinajstić information content (AvgIpc) is 3.23. The normalized spacial score (nSPS) is 21.5. The first-order valence-corrected chi connectivity index (χ1v) is 9.96. The van der Waals surface area contributed by atoms with Gasteiger partial charge in [-0.1, -0.05) is 18.9 Å². The number of rotatable bonds is 4. The van der Waals surface area contributed by atoms with Gasteiger partial charge in [-0.05, 0) is 37.5 Å². The van der Waals surface area contributed by atoms with Crippen LogP contribution in [0.15, 0.2) is 36.8 Å². The first-order chi connectivity index (χ1) is 13.2. The molecular weight excluding hydrogens is 338 g/mol. The van der Waals surface area contributed by atoms with Gasteiger partial charge in [-0.15, -0.1) is 0 Å². The fourth-order valence-electron chi connectivity index (χ4n) is 4.25. The third kappa shape index (κ3) is 4.16. The Morgan fingerprint density at radius 2 is 2.04 bits per heavy atom. The van der Waals surface area contributed by atoms with E-state index >= 15 is 0 Å². The van der Waals surface area contributed by atoms with Gasteiger partial charge in [0.15, 0.2) is 0 Å². The molecular formula is C21H27N5O. The van der Waals surface area contributed by atoms with Crippen molar-refractivity contribution in [3.05, 3.63) is 53.9 Å². The van der Waals surface area contributed by atoms with E-state index in [-0.39, 0.29) is 11.9 Å². The van der Waals surface area contributed by atoms with Gasteiger partial charge in [0, 0.05) is 56.7 Å². The lowest BCUT2D eigenvalue weighted by molar-refractivity contribution is 0.0469. The van der Waals surface area contributed by atoms with E-state index in [0.29, 0.717) is 11.6 Å². The molecule has 1 saturated heterocycles. The van der Waals surface area contributed by atoms with E-state index in [0.717, 1.165) is 44.8 Å². The molecule has 0 aromatic carbocycles. The van der Waals surface area contributed by atoms with E-state index in [1.165, 1.54) is 18.4 Å². The highest BCUT2D eigenvalue weighted by molar-refractivity contribution is 5.92. The highest BCUT2D eigenvalue weighted by Crippen LogP contribution is 2.32. The molecule has 2 aromatic heterocycles. The maximum Gasteiger partial charge on any atom is 0.272 e. The molecule has 1 atom stereocenters. The molecule has 2 aromatic rings. The van der Waals surface area contributed by atoms with Crippen LogP contribution in [0.3, 0.4) is 0 Å². The third-order valence-electron chi connectivity index (χ3n) is 5.72. The minimum Gasteiger partial charge on any atom is -0.332 e. The molecule has 0 spiro atoms. The molecule has 0 bridgehead atoms. The van der Waals surface area contributed by atoms with Crippen LogP contribution in [-0.4, -0.2) is 56.3 Å². The lowest BCUT2D eigenvalue weighted by Crippen LogP contribution is -2.53. The zero-order valence-corrected chi connectivity index (χ0v) is 15.9. The van der Waals surface area contributed by atoms with Crippen LogP contribution in [0.25, 0.3) is 0 Å². The van der Waals surface area contributed by atoms with Gasteiger partial charge in [-0.2, -0.15) is 0 Å². The number of carbonyl (C=O) groups is 1. The van der Waals surface area contributed by atoms with Gasteiger partial charge in [0.05, 0.1) is 0 Å². The van der Waals surface area contributed by atoms with Gasteiger partial charge >= 0.3 is 0 Å². The minimum absolute atomic E-state index is 0.0326. The molecule has 142 valence electrons. The van der Waals surface area contributed by atoms with Crippen molar-refractivity contribution < 1.29 is 4.79 Å². The molecule has 2 aliphatic rings. The molecule has 3 heterocycles. The summed E-state index contributed by atoms with van der Waals surface area (Å²) < 4.78 is 0. The zero-order valence-electron chi connectivity index (χ0n) is 15.9. The summed E-state index contributed by atoms with van der Waals surface area (Å²) in [4.78, 5) is 30.6. The Morgan fingerprint density at radius 1 is 1.19 bits per heavy atom. The van der Waals surface area contributed by atoms with Crippen LogP contribution in [0.2, 0.25) is 0 Å². The summed E-state index contributed by atoms with van der Waals surface area (Å²) in [5, 5.41) is 0. The van der Waals surface area contributed by atoms with Crippen molar-refractivity contribution in [1.29, 1.82) is 0 Å². The quantitative estimate of drug-likeness (QED) is 0.834. The summed E-state index contributed by atoms with van der Waals surface area (Å²) in [5.74, 6) is 1.30. The van der Waals surface area contributed by atoms with Crippen molar-refractivity contribution in [2.24, 2.45) is 0 Å². The monoisotopic (exact) mass is 365 g/mol. The number of carbonyl (C=O) groups excluding carboxylic acids is 1. The Bertz CT molecular complexity index is 775. The second kappa shape index (κ2) is 8.13. The highest BCUT2D eigenvalue weighted by atomic mass is 16.2. The summed E-state index contributed by atoms with van der Waals surface area (Å²) >= 11 is 0. The van der Waals surface area contributed by atoms with E-state index in [9.17, 15) is 4.79 Å². The Hall–Kier alpha value is -2.34. The van der Waals surface area contributed by atoms with Gasteiger partial charge in [0.25, 0.3) is 5.91 Å². The van der Waals surface area contributed by atoms with Gasteiger partial charge < -0.3 is 4.90 Å². The van der Waals surface area contributed by atoms with Crippen molar-refractivity contribution in [1.82, 2.24) is 24.8 Å². The molecule has 0 N–H and O–H groups in total. The zero-order chi connectivity index (χ0) is 18.6. The molecule has 1 amide bonds. The van der Waals surface area contributed by atoms with Crippen molar-refractivity contribution >= 4 is 5.91 Å². The molecule has 0 radical (unpaired) electrons. The van der Waals surface area contributed by atoms with E-state index in [4.69, 9.17) is 0 Å². The summed E-state index contributed by atoms with van der Waals surface area (Å²) in [6.07, 6.45) is 10.2. The number of amides is 1. The number of nitrogens with zero attached hydrogens (tertiary/aromatic N) is 5. The van der Waals surface area contributed by atoms with Gasteiger partial charge in [0.2, 0.25) is 0 Å². The number of aromatic nitrogens is 3. The molecule has 1 saturated carbocycles. The summed E-state index contributed by atoms with van der Waals surface area (Å²) in [7, 11) is 0. The second-order valence-corrected chi connectivity index (χ2v) is 7.73. The molecule has 4 rings (SSSR count). The van der Waals surface area contributed by atoms with E-state index < -0.39 is 0 Å². The Balaban J connectivity index is 1.40. The Labute approximate surface area is 160 Å². The molecule has 1 aliphatic carbocycles. The number of hydrogen-bond donors (Lipinski definition) is 0. The Morgan fingerprint density at radius 3 is 2.78 bits per heavy atom. The molecule has 1 unspecified atom stereocenters. The maximum atomic E-state index is 13.0. The van der Waals surface area contributed by atoms with Crippen LogP contribution in [0.5, 0.6) is 0 Å². The fraction of sp³-hybridized carbons (Fsp3) is 0.524. The second-order valence-electron chi connectivity index (χ2n) is 7.73. The van der Waals surface area contributed by atoms with Crippen molar-refractivity contribution in [2.75, 3.05) is 19.6 Å². The van der Waals surface area contributed by atoms with Crippen molar-refractivity contribution in [2.45, 2.75) is 51.1 Å². The van der Waals surface area contributed by atoms with Crippen molar-refractivity contribution in [3.63, 3.8) is 0 Å². The van der Waals surface area contributed by atoms with Crippen LogP contribution >= 0.6 is 0 Å². The summed E-state index contributed by atoms with van der Waals surface area (Å²) in [6, 6.07) is 5.99. The lowest BCUT2D eigenvalue weighted by atomic mass is 10.1. The van der Waals surface area contributed by atoms with E-state index in [2.05, 4.69) is 32.8 Å². The highest BCUT2D eigenvalue weighted by Gasteiger charge is 2.29. The molecule has 6 nitrogen and oxygen atoms in total. The summed E-state index contributed by atoms with van der Waals surface area (Å²) in [6.45, 7) is 5.45. The smallest absolute Gasteiger partial charge is 0.272 e. The summed E-state index contributed by atoms with van der Waals surface area (Å²) in [5.41, 5.74) is 1.75. The van der Waals surface area contributed by atoms with E-state index in [1.807, 2.05) is 17.2 Å². The number of pyridine rings is 1. The topological polar surface area (TPSA) is 62.2 Å². The first-order valence-electron chi connectivity index (χ1n) is 9.96. The largest absolute Gasteiger partial charge is 0.332 e. The fourth-order valence-corrected chi connectivity index (χ4v) is 4.25. The van der Waals surface area contributed by atoms with Crippen LogP contribution in [0, 0.1) is 0 Å². The van der Waals surface area contributed by atoms with Crippen LogP contribution in [0.4, 0.5) is 0 Å².